The fraction of sp³-hybridized carbons (Fsp3) is 0.889. The predicted octanol–water partition coefficient (Wildman–Crippen LogP) is 0.470. The van der Waals surface area contributed by atoms with E-state index in [2.05, 4.69) is 5.32 Å². The van der Waals surface area contributed by atoms with Gasteiger partial charge in [0, 0.05) is 6.54 Å². The van der Waals surface area contributed by atoms with Gasteiger partial charge in [-0.25, -0.2) is 0 Å². The van der Waals surface area contributed by atoms with E-state index < -0.39 is 5.66 Å². The van der Waals surface area contributed by atoms with Crippen molar-refractivity contribution in [3.05, 3.63) is 0 Å². The number of ether oxygens (including phenoxy) is 1. The second-order valence-electron chi connectivity index (χ2n) is 3.76. The van der Waals surface area contributed by atoms with Crippen LogP contribution in [0.15, 0.2) is 0 Å². The summed E-state index contributed by atoms with van der Waals surface area (Å²) in [4.78, 5) is 11.2. The van der Waals surface area contributed by atoms with Gasteiger partial charge in [-0.1, -0.05) is 6.92 Å². The van der Waals surface area contributed by atoms with Crippen LogP contribution in [0.3, 0.4) is 0 Å². The molecule has 0 aliphatic rings. The number of carbonyl (C=O) groups excluding carboxylic acids is 1. The first-order valence-electron chi connectivity index (χ1n) is 4.57. The molecule has 0 bridgehead atoms. The van der Waals surface area contributed by atoms with Gasteiger partial charge in [-0.2, -0.15) is 0 Å². The molecule has 0 aliphatic heterocycles. The number of nitrogens with one attached hydrogen (secondary N) is 1. The molecule has 3 N–H and O–H groups in total. The van der Waals surface area contributed by atoms with Gasteiger partial charge in [-0.15, -0.1) is 0 Å². The molecule has 0 spiro atoms. The van der Waals surface area contributed by atoms with Gasteiger partial charge in [0.1, 0.15) is 0 Å². The standard InChI is InChI=1S/C9H20N2O2/c1-5-13-8(12)7(2)6-11-9(3,4)10/h7,11H,5-6,10H2,1-4H3. The molecule has 0 aromatic rings. The number of nitrogens with two attached hydrogens (primary N) is 1. The van der Waals surface area contributed by atoms with Gasteiger partial charge in [0.05, 0.1) is 18.2 Å². The highest BCUT2D eigenvalue weighted by Gasteiger charge is 2.17. The van der Waals surface area contributed by atoms with E-state index in [1.54, 1.807) is 6.92 Å². The van der Waals surface area contributed by atoms with Crippen molar-refractivity contribution < 1.29 is 9.53 Å². The van der Waals surface area contributed by atoms with E-state index >= 15 is 0 Å². The van der Waals surface area contributed by atoms with Gasteiger partial charge < -0.3 is 10.5 Å². The van der Waals surface area contributed by atoms with Crippen LogP contribution in [0.25, 0.3) is 0 Å². The van der Waals surface area contributed by atoms with Crippen LogP contribution in [0.4, 0.5) is 0 Å². The normalized spacial score (nSPS) is 13.9. The van der Waals surface area contributed by atoms with E-state index in [0.29, 0.717) is 13.2 Å². The summed E-state index contributed by atoms with van der Waals surface area (Å²) in [6.45, 7) is 8.29. The summed E-state index contributed by atoms with van der Waals surface area (Å²) in [6, 6.07) is 0. The zero-order valence-corrected chi connectivity index (χ0v) is 8.89. The lowest BCUT2D eigenvalue weighted by molar-refractivity contribution is -0.147. The third kappa shape index (κ3) is 6.54. The van der Waals surface area contributed by atoms with E-state index in [1.165, 1.54) is 0 Å². The van der Waals surface area contributed by atoms with Crippen LogP contribution in [0, 0.1) is 5.92 Å². The van der Waals surface area contributed by atoms with Crippen LogP contribution >= 0.6 is 0 Å². The van der Waals surface area contributed by atoms with Crippen LogP contribution in [-0.2, 0) is 9.53 Å². The maximum Gasteiger partial charge on any atom is 0.309 e. The minimum Gasteiger partial charge on any atom is -0.466 e. The molecule has 0 aliphatic carbocycles. The minimum absolute atomic E-state index is 0.150. The molecule has 13 heavy (non-hydrogen) atoms. The first-order chi connectivity index (χ1) is 5.87. The highest BCUT2D eigenvalue weighted by Crippen LogP contribution is 1.99. The molecule has 0 aromatic heterocycles. The summed E-state index contributed by atoms with van der Waals surface area (Å²) in [6.07, 6.45) is 0. The third-order valence-electron chi connectivity index (χ3n) is 1.55. The average molecular weight is 188 g/mol. The largest absolute Gasteiger partial charge is 0.466 e. The molecule has 1 atom stereocenters. The Morgan fingerprint density at radius 1 is 1.62 bits per heavy atom. The smallest absolute Gasteiger partial charge is 0.309 e. The molecule has 0 saturated heterocycles. The van der Waals surface area contributed by atoms with Crippen LogP contribution < -0.4 is 11.1 Å². The Morgan fingerprint density at radius 2 is 2.15 bits per heavy atom. The first-order valence-corrected chi connectivity index (χ1v) is 4.57. The summed E-state index contributed by atoms with van der Waals surface area (Å²) >= 11 is 0. The lowest BCUT2D eigenvalue weighted by Crippen LogP contribution is -2.50. The van der Waals surface area contributed by atoms with E-state index in [4.69, 9.17) is 10.5 Å². The molecule has 0 rings (SSSR count). The van der Waals surface area contributed by atoms with Crippen molar-refractivity contribution in [3.8, 4) is 0 Å². The van der Waals surface area contributed by atoms with Crippen LogP contribution in [0.5, 0.6) is 0 Å². The second-order valence-corrected chi connectivity index (χ2v) is 3.76. The zero-order valence-electron chi connectivity index (χ0n) is 8.89. The number of hydrogen-bond acceptors (Lipinski definition) is 4. The van der Waals surface area contributed by atoms with E-state index in [0.717, 1.165) is 0 Å². The number of rotatable bonds is 5. The molecule has 0 radical (unpaired) electrons. The SMILES string of the molecule is CCOC(=O)C(C)CNC(C)(C)N. The Labute approximate surface area is 79.8 Å². The Hall–Kier alpha value is -0.610. The van der Waals surface area contributed by atoms with Crippen LogP contribution in [0.2, 0.25) is 0 Å². The number of carbonyl (C=O) groups is 1. The van der Waals surface area contributed by atoms with Crippen molar-refractivity contribution in [2.24, 2.45) is 11.7 Å². The quantitative estimate of drug-likeness (QED) is 0.486. The molecule has 4 heteroatoms. The topological polar surface area (TPSA) is 64.3 Å². The Morgan fingerprint density at radius 3 is 2.54 bits per heavy atom. The summed E-state index contributed by atoms with van der Waals surface area (Å²) in [5.41, 5.74) is 5.25. The lowest BCUT2D eigenvalue weighted by atomic mass is 10.1. The van der Waals surface area contributed by atoms with E-state index in [9.17, 15) is 4.79 Å². The zero-order chi connectivity index (χ0) is 10.5. The molecule has 0 aromatic carbocycles. The lowest BCUT2D eigenvalue weighted by Gasteiger charge is -2.22. The molecule has 0 amide bonds. The monoisotopic (exact) mass is 188 g/mol. The van der Waals surface area contributed by atoms with Gasteiger partial charge in [0.15, 0.2) is 0 Å². The van der Waals surface area contributed by atoms with E-state index in [1.807, 2.05) is 20.8 Å². The average Bonchev–Trinajstić information content (AvgIpc) is 1.99. The predicted molar refractivity (Wildman–Crippen MR) is 52.1 cm³/mol. The summed E-state index contributed by atoms with van der Waals surface area (Å²) in [5, 5.41) is 3.04. The fourth-order valence-electron chi connectivity index (χ4n) is 0.784. The van der Waals surface area contributed by atoms with Crippen LogP contribution in [-0.4, -0.2) is 24.8 Å². The molecule has 0 fully saturated rings. The molecule has 1 unspecified atom stereocenters. The summed E-state index contributed by atoms with van der Waals surface area (Å²) in [5.74, 6) is -0.331. The van der Waals surface area contributed by atoms with E-state index in [-0.39, 0.29) is 11.9 Å². The Bertz CT molecular complexity index is 163. The Balaban J connectivity index is 3.74. The van der Waals surface area contributed by atoms with Crippen molar-refractivity contribution in [2.45, 2.75) is 33.4 Å². The number of esters is 1. The van der Waals surface area contributed by atoms with Crippen molar-refractivity contribution in [3.63, 3.8) is 0 Å². The molecular formula is C9H20N2O2. The van der Waals surface area contributed by atoms with Crippen LogP contribution in [0.1, 0.15) is 27.7 Å². The molecule has 78 valence electrons. The van der Waals surface area contributed by atoms with Crippen molar-refractivity contribution >= 4 is 5.97 Å². The van der Waals surface area contributed by atoms with Gasteiger partial charge in [-0.3, -0.25) is 10.1 Å². The summed E-state index contributed by atoms with van der Waals surface area (Å²) in [7, 11) is 0. The van der Waals surface area contributed by atoms with Gasteiger partial charge in [0.2, 0.25) is 0 Å². The number of hydrogen-bond donors (Lipinski definition) is 2. The maximum absolute atomic E-state index is 11.2. The van der Waals surface area contributed by atoms with Crippen molar-refractivity contribution in [1.82, 2.24) is 5.32 Å². The third-order valence-corrected chi connectivity index (χ3v) is 1.55. The highest BCUT2D eigenvalue weighted by atomic mass is 16.5. The summed E-state index contributed by atoms with van der Waals surface area (Å²) < 4.78 is 4.85. The molecule has 0 saturated carbocycles. The molecule has 0 heterocycles. The second kappa shape index (κ2) is 5.19. The minimum atomic E-state index is -0.444. The van der Waals surface area contributed by atoms with Gasteiger partial charge >= 0.3 is 5.97 Å². The first kappa shape index (κ1) is 12.4. The molecule has 4 nitrogen and oxygen atoms in total. The van der Waals surface area contributed by atoms with Gasteiger partial charge in [0.25, 0.3) is 0 Å². The maximum atomic E-state index is 11.2. The molecular weight excluding hydrogens is 168 g/mol. The van der Waals surface area contributed by atoms with Gasteiger partial charge in [-0.05, 0) is 20.8 Å². The highest BCUT2D eigenvalue weighted by molar-refractivity contribution is 5.72. The fourth-order valence-corrected chi connectivity index (χ4v) is 0.784. The van der Waals surface area contributed by atoms with Crippen molar-refractivity contribution in [2.75, 3.05) is 13.2 Å². The Kier molecular flexibility index (Phi) is 4.95. The van der Waals surface area contributed by atoms with Crippen molar-refractivity contribution in [1.29, 1.82) is 0 Å².